The van der Waals surface area contributed by atoms with Crippen molar-refractivity contribution in [3.05, 3.63) is 238 Å². The fourth-order valence-corrected chi connectivity index (χ4v) is 11.9. The Hall–Kier alpha value is -11.4. The summed E-state index contributed by atoms with van der Waals surface area (Å²) in [6.07, 6.45) is -38.5. The number of nitriles is 1. The van der Waals surface area contributed by atoms with E-state index in [1.165, 1.54) is 42.5 Å². The second-order valence-electron chi connectivity index (χ2n) is 22.2. The van der Waals surface area contributed by atoms with E-state index >= 15 is 79.0 Å². The maximum absolute atomic E-state index is 15.8. The summed E-state index contributed by atoms with van der Waals surface area (Å²) in [5.41, 5.74) is -24.8. The van der Waals surface area contributed by atoms with Crippen molar-refractivity contribution in [1.82, 2.24) is 14.5 Å². The van der Waals surface area contributed by atoms with Gasteiger partial charge in [-0.3, -0.25) is 0 Å². The third-order valence-electron chi connectivity index (χ3n) is 16.3. The molecule has 10 aromatic rings. The van der Waals surface area contributed by atoms with E-state index in [-0.39, 0.29) is 40.5 Å². The Bertz CT molecular complexity index is 5490. The molecule has 0 unspecified atom stereocenters. The van der Waals surface area contributed by atoms with Crippen LogP contribution in [0.3, 0.4) is 0 Å². The zero-order valence-electron chi connectivity index (χ0n) is 49.6. The monoisotopic (exact) mass is 1450 g/mol. The Labute approximate surface area is 562 Å². The van der Waals surface area contributed by atoms with E-state index in [0.717, 1.165) is 91.0 Å². The summed E-state index contributed by atoms with van der Waals surface area (Å²) in [7, 11) is 0. The Morgan fingerprint density at radius 1 is 0.455 bits per heavy atom. The number of carbonyl (C=O) groups is 1. The summed E-state index contributed by atoms with van der Waals surface area (Å²) >= 11 is 0. The average molecular weight is 1450 g/mol. The maximum Gasteiger partial charge on any atom is 0.442 e. The Kier molecular flexibility index (Phi) is 15.9. The molecule has 8 aromatic carbocycles. The van der Waals surface area contributed by atoms with Crippen molar-refractivity contribution >= 4 is 67.2 Å². The molecule has 6 bridgehead atoms. The molecule has 0 fully saturated rings. The molecular formula is C67H31F18N9O6V. The van der Waals surface area contributed by atoms with Crippen LogP contribution in [0.15, 0.2) is 213 Å². The molecule has 0 saturated carbocycles. The molecule has 15 nitrogen and oxygen atoms in total. The zero-order chi connectivity index (χ0) is 71.1. The largest absolute Gasteiger partial charge is 0.464 e. The molecule has 0 N–H and O–H groups in total. The van der Waals surface area contributed by atoms with Crippen LogP contribution < -0.4 is 39.6 Å². The summed E-state index contributed by atoms with van der Waals surface area (Å²) in [4.78, 5) is 41.1. The topological polar surface area (TPSA) is 176 Å². The zero-order valence-corrected chi connectivity index (χ0v) is 51.0. The molecule has 14 rings (SSSR count). The predicted octanol–water partition coefficient (Wildman–Crippen LogP) is 15.8. The first-order valence-corrected chi connectivity index (χ1v) is 28.7. The van der Waals surface area contributed by atoms with Crippen LogP contribution >= 0.6 is 0 Å². The van der Waals surface area contributed by atoms with Crippen LogP contribution in [-0.4, -0.2) is 64.3 Å². The van der Waals surface area contributed by atoms with Crippen molar-refractivity contribution in [3.8, 4) is 34.9 Å². The van der Waals surface area contributed by atoms with E-state index in [1.54, 1.807) is 0 Å². The summed E-state index contributed by atoms with van der Waals surface area (Å²) in [6.45, 7) is 0. The van der Waals surface area contributed by atoms with Crippen LogP contribution in [0.2, 0.25) is 0 Å². The number of alkyl halides is 18. The molecule has 6 heterocycles. The van der Waals surface area contributed by atoms with Gasteiger partial charge in [-0.15, -0.1) is 0 Å². The van der Waals surface area contributed by atoms with Gasteiger partial charge in [0, 0.05) is 62.6 Å². The molecule has 4 aliphatic rings. The minimum absolute atomic E-state index is 0. The smallest absolute Gasteiger partial charge is 0.442 e. The van der Waals surface area contributed by atoms with E-state index in [2.05, 4.69) is 25.0 Å². The van der Waals surface area contributed by atoms with Crippen molar-refractivity contribution in [2.75, 3.05) is 0 Å². The van der Waals surface area contributed by atoms with Crippen LogP contribution in [0, 0.1) is 11.3 Å². The predicted molar refractivity (Wildman–Crippen MR) is 312 cm³/mol. The Balaban J connectivity index is 0.00000912. The van der Waals surface area contributed by atoms with Gasteiger partial charge in [0.25, 0.3) is 11.5 Å². The Morgan fingerprint density at radius 2 is 0.911 bits per heavy atom. The summed E-state index contributed by atoms with van der Waals surface area (Å²) in [6, 6.07) is 28.7. The SMILES string of the molecule is N#Cc1ccc(C(=O)Oc2cccc3c4[n+]5on6c(c7c(OC(c8ccccc8)(C(F)(F)F)C(F)(F)F)cccc7c6nc-5c23)N=C2N=C(N=c3[n-]c(c5c(OC(c6ccccc6)(C(F)(F)F)C(F)(F)F)cccc35)=N4)c3c(OC(c4ccccc4)(C(F)(F)F)C(F)(F)F)cccc32)cc1.[V]. The maximum atomic E-state index is 15.8. The van der Waals surface area contributed by atoms with Gasteiger partial charge < -0.3 is 33.9 Å². The van der Waals surface area contributed by atoms with Crippen LogP contribution in [0.5, 0.6) is 23.0 Å². The number of hydrogen-bond acceptors (Lipinski definition) is 12. The van der Waals surface area contributed by atoms with Gasteiger partial charge in [-0.2, -0.15) is 93.9 Å². The van der Waals surface area contributed by atoms with E-state index in [9.17, 15) is 10.1 Å². The summed E-state index contributed by atoms with van der Waals surface area (Å²) in [5, 5.41) is 5.84. The van der Waals surface area contributed by atoms with E-state index in [0.29, 0.717) is 63.9 Å². The number of fused-ring (bicyclic) bond motifs is 15. The number of amidine groups is 2. The molecule has 0 spiro atoms. The van der Waals surface area contributed by atoms with Crippen LogP contribution in [0.1, 0.15) is 43.7 Å². The van der Waals surface area contributed by atoms with Crippen LogP contribution in [0.4, 0.5) is 90.7 Å². The van der Waals surface area contributed by atoms with E-state index in [4.69, 9.17) is 28.6 Å². The first kappa shape index (κ1) is 68.1. The number of ether oxygens (including phenoxy) is 4. The van der Waals surface area contributed by atoms with Crippen LogP contribution in [0.25, 0.3) is 43.8 Å². The second-order valence-corrected chi connectivity index (χ2v) is 22.2. The van der Waals surface area contributed by atoms with Crippen molar-refractivity contribution < 1.29 is 131 Å². The fourth-order valence-electron chi connectivity index (χ4n) is 11.9. The number of aromatic nitrogens is 4. The van der Waals surface area contributed by atoms with Gasteiger partial charge in [-0.25, -0.2) is 9.79 Å². The molecule has 0 saturated heterocycles. The average Bonchev–Trinajstić information content (AvgIpc) is 1.64. The molecule has 1 radical (unpaired) electrons. The molecule has 101 heavy (non-hydrogen) atoms. The minimum atomic E-state index is -6.44. The molecule has 0 aliphatic carbocycles. The summed E-state index contributed by atoms with van der Waals surface area (Å²) < 4.78 is 313. The fraction of sp³-hybridized carbons (Fsp3) is 0.134. The molecule has 0 amide bonds. The van der Waals surface area contributed by atoms with Crippen molar-refractivity contribution in [2.24, 2.45) is 20.0 Å². The van der Waals surface area contributed by atoms with Crippen LogP contribution in [-0.2, 0) is 35.4 Å². The van der Waals surface area contributed by atoms with Crippen molar-refractivity contribution in [2.45, 2.75) is 53.9 Å². The van der Waals surface area contributed by atoms with Crippen molar-refractivity contribution in [3.63, 3.8) is 0 Å². The van der Waals surface area contributed by atoms with E-state index in [1.807, 2.05) is 6.07 Å². The molecule has 511 valence electrons. The number of carbonyl (C=O) groups excluding carboxylic acids is 1. The Morgan fingerprint density at radius 3 is 1.42 bits per heavy atom. The number of aliphatic imine (C=N–C) groups is 2. The van der Waals surface area contributed by atoms with Gasteiger partial charge >= 0.3 is 59.8 Å². The molecule has 34 heteroatoms. The van der Waals surface area contributed by atoms with Gasteiger partial charge in [-0.05, 0) is 64.6 Å². The second kappa shape index (κ2) is 23.6. The van der Waals surface area contributed by atoms with Gasteiger partial charge in [-0.1, -0.05) is 143 Å². The van der Waals surface area contributed by atoms with Gasteiger partial charge in [0.2, 0.25) is 5.82 Å². The number of halogens is 18. The molecule has 2 aromatic heterocycles. The number of esters is 1. The first-order chi connectivity index (χ1) is 47.2. The van der Waals surface area contributed by atoms with Gasteiger partial charge in [0.1, 0.15) is 23.0 Å². The quantitative estimate of drug-likeness (QED) is 0.0528. The van der Waals surface area contributed by atoms with Gasteiger partial charge in [0.15, 0.2) is 11.7 Å². The van der Waals surface area contributed by atoms with Crippen molar-refractivity contribution in [1.29, 1.82) is 5.26 Å². The minimum Gasteiger partial charge on any atom is -0.464 e. The molecule has 4 aliphatic heterocycles. The first-order valence-electron chi connectivity index (χ1n) is 28.7. The normalized spacial score (nSPS) is 13.9. The van der Waals surface area contributed by atoms with Gasteiger partial charge in [0.05, 0.1) is 44.8 Å². The summed E-state index contributed by atoms with van der Waals surface area (Å²) in [5.74, 6) is -9.98. The number of benzene rings is 8. The number of rotatable bonds is 11. The molecule has 0 atom stereocenters. The number of hydrogen-bond donors (Lipinski definition) is 0. The standard InChI is InChI=1S/C67H31F18N9O6.V/c68-62(69,70)59(63(71,72)73,35-14-4-1-5-15-35)97-43-25-11-21-39-46(43)52-87-50-38-20-10-26-44(98-60(64(74,75)76,65(77,78)79)36-16-6-2-7-17-36)47(38)53(88-50)91-54-40-22-12-24-42(96-58(95)34-30-28-33(32-86)29-31-34)48(40)57-92-55-41-23-13-27-45(49(41)56(90-51(39)89-52)94(55)100-93(54)57)99-61(66(80,81)82,67(83,84)85)37-18-8-3-9-19-37;/h1-31H;. The van der Waals surface area contributed by atoms with E-state index < -0.39 is 178 Å². The number of nitrogens with zero attached hydrogens (tertiary/aromatic N) is 9. The molecular weight excluding hydrogens is 1420 g/mol. The third kappa shape index (κ3) is 10.5. The third-order valence-corrected chi connectivity index (χ3v) is 16.3.